The fraction of sp³-hybridized carbons (Fsp3) is 0.278. The Hall–Kier alpha value is -3.29. The summed E-state index contributed by atoms with van der Waals surface area (Å²) in [7, 11) is 0. The Morgan fingerprint density at radius 1 is 1.16 bits per heavy atom. The number of nitrogens with two attached hydrogens (primary N) is 1. The van der Waals surface area contributed by atoms with Gasteiger partial charge in [0.2, 0.25) is 0 Å². The Balaban J connectivity index is 2.16. The maximum absolute atomic E-state index is 12.1. The van der Waals surface area contributed by atoms with Crippen LogP contribution in [0.1, 0.15) is 24.0 Å². The van der Waals surface area contributed by atoms with Crippen LogP contribution in [0, 0.1) is 22.7 Å². The predicted octanol–water partition coefficient (Wildman–Crippen LogP) is 1.93. The van der Waals surface area contributed by atoms with Crippen LogP contribution in [0.4, 0.5) is 5.82 Å². The number of H-pyrrole nitrogens is 1. The van der Waals surface area contributed by atoms with E-state index in [1.807, 2.05) is 12.1 Å². The number of rotatable bonds is 3. The van der Waals surface area contributed by atoms with E-state index in [0.29, 0.717) is 24.5 Å². The van der Waals surface area contributed by atoms with Gasteiger partial charge in [0, 0.05) is 24.0 Å². The van der Waals surface area contributed by atoms with Crippen molar-refractivity contribution in [3.8, 4) is 29.0 Å². The van der Waals surface area contributed by atoms with E-state index < -0.39 is 5.56 Å². The monoisotopic (exact) mass is 336 g/mol. The van der Waals surface area contributed by atoms with Crippen molar-refractivity contribution in [1.29, 1.82) is 10.5 Å². The third kappa shape index (κ3) is 3.18. The summed E-state index contributed by atoms with van der Waals surface area (Å²) in [5.74, 6) is 0.440. The summed E-state index contributed by atoms with van der Waals surface area (Å²) in [6, 6.07) is 10.9. The first kappa shape index (κ1) is 16.6. The van der Waals surface area contributed by atoms with Crippen molar-refractivity contribution in [2.24, 2.45) is 0 Å². The number of pyridine rings is 1. The molecule has 7 nitrogen and oxygen atoms in total. The molecule has 0 saturated carbocycles. The Labute approximate surface area is 144 Å². The van der Waals surface area contributed by atoms with Crippen LogP contribution in [-0.4, -0.2) is 24.3 Å². The Morgan fingerprint density at radius 2 is 1.84 bits per heavy atom. The molecule has 3 rings (SSSR count). The summed E-state index contributed by atoms with van der Waals surface area (Å²) in [6.07, 6.45) is 1.48. The lowest BCUT2D eigenvalue weighted by Gasteiger charge is -2.25. The number of hydrogen-bond acceptors (Lipinski definition) is 6. The summed E-state index contributed by atoms with van der Waals surface area (Å²) in [5, 5.41) is 18.9. The number of ether oxygens (including phenoxy) is 2. The number of anilines is 1. The molecule has 1 aromatic heterocycles. The average molecular weight is 336 g/mol. The van der Waals surface area contributed by atoms with E-state index in [0.717, 1.165) is 12.8 Å². The number of aromatic amines is 1. The van der Waals surface area contributed by atoms with Crippen molar-refractivity contribution in [2.45, 2.75) is 18.9 Å². The van der Waals surface area contributed by atoms with E-state index in [1.54, 1.807) is 24.3 Å². The van der Waals surface area contributed by atoms with Gasteiger partial charge in [0.05, 0.1) is 13.2 Å². The first-order valence-electron chi connectivity index (χ1n) is 7.85. The maximum Gasteiger partial charge on any atom is 0.268 e. The number of hydrogen-bond donors (Lipinski definition) is 2. The van der Waals surface area contributed by atoms with Crippen molar-refractivity contribution in [2.75, 3.05) is 18.9 Å². The molecule has 2 aromatic rings. The number of nitriles is 2. The molecule has 1 aliphatic rings. The number of para-hydroxylation sites is 1. The second kappa shape index (κ2) is 7.08. The SMILES string of the molecule is N#Cc1c(N)[nH]c(=O)c(C#N)c1-c1ccccc1OC1CCOCC1. The predicted molar refractivity (Wildman–Crippen MR) is 90.8 cm³/mol. The van der Waals surface area contributed by atoms with Gasteiger partial charge in [-0.25, -0.2) is 0 Å². The largest absolute Gasteiger partial charge is 0.490 e. The second-order valence-corrected chi connectivity index (χ2v) is 5.64. The van der Waals surface area contributed by atoms with E-state index >= 15 is 0 Å². The fourth-order valence-electron chi connectivity index (χ4n) is 2.86. The van der Waals surface area contributed by atoms with Gasteiger partial charge in [0.15, 0.2) is 0 Å². The van der Waals surface area contributed by atoms with Gasteiger partial charge in [0.25, 0.3) is 5.56 Å². The molecule has 0 atom stereocenters. The van der Waals surface area contributed by atoms with E-state index in [9.17, 15) is 15.3 Å². The van der Waals surface area contributed by atoms with Crippen molar-refractivity contribution >= 4 is 5.82 Å². The normalized spacial score (nSPS) is 14.5. The van der Waals surface area contributed by atoms with Gasteiger partial charge in [0.1, 0.15) is 40.9 Å². The fourth-order valence-corrected chi connectivity index (χ4v) is 2.86. The molecule has 0 unspecified atom stereocenters. The summed E-state index contributed by atoms with van der Waals surface area (Å²) in [6.45, 7) is 1.25. The number of aromatic nitrogens is 1. The summed E-state index contributed by atoms with van der Waals surface area (Å²) < 4.78 is 11.4. The van der Waals surface area contributed by atoms with Crippen molar-refractivity contribution in [3.63, 3.8) is 0 Å². The quantitative estimate of drug-likeness (QED) is 0.882. The molecule has 7 heteroatoms. The molecular formula is C18H16N4O3. The van der Waals surface area contributed by atoms with Crippen LogP contribution >= 0.6 is 0 Å². The molecule has 1 aliphatic heterocycles. The van der Waals surface area contributed by atoms with Crippen LogP contribution in [0.25, 0.3) is 11.1 Å². The number of nitrogen functional groups attached to an aromatic ring is 1. The molecule has 1 fully saturated rings. The van der Waals surface area contributed by atoms with E-state index in [2.05, 4.69) is 4.98 Å². The molecule has 0 spiro atoms. The standard InChI is InChI=1S/C18H16N4O3/c19-9-13-16(14(10-20)18(23)22-17(13)21)12-3-1-2-4-15(12)25-11-5-7-24-8-6-11/h1-4,11H,5-8H2,(H3,21,22,23). The van der Waals surface area contributed by atoms with Gasteiger partial charge in [-0.1, -0.05) is 18.2 Å². The zero-order valence-electron chi connectivity index (χ0n) is 13.4. The van der Waals surface area contributed by atoms with Crippen LogP contribution < -0.4 is 16.0 Å². The Bertz CT molecular complexity index is 931. The smallest absolute Gasteiger partial charge is 0.268 e. The minimum Gasteiger partial charge on any atom is -0.490 e. The second-order valence-electron chi connectivity index (χ2n) is 5.64. The minimum atomic E-state index is -0.630. The van der Waals surface area contributed by atoms with Crippen molar-refractivity contribution < 1.29 is 9.47 Å². The van der Waals surface area contributed by atoms with Gasteiger partial charge in [-0.15, -0.1) is 0 Å². The van der Waals surface area contributed by atoms with E-state index in [4.69, 9.17) is 15.2 Å². The molecule has 1 saturated heterocycles. The molecule has 25 heavy (non-hydrogen) atoms. The maximum atomic E-state index is 12.1. The van der Waals surface area contributed by atoms with Gasteiger partial charge in [-0.3, -0.25) is 4.79 Å². The summed E-state index contributed by atoms with van der Waals surface area (Å²) in [5.41, 5.74) is 5.75. The van der Waals surface area contributed by atoms with E-state index in [-0.39, 0.29) is 28.6 Å². The van der Waals surface area contributed by atoms with Crippen LogP contribution in [0.3, 0.4) is 0 Å². The van der Waals surface area contributed by atoms with Gasteiger partial charge >= 0.3 is 0 Å². The first-order chi connectivity index (χ1) is 12.2. The van der Waals surface area contributed by atoms with Crippen molar-refractivity contribution in [3.05, 3.63) is 45.7 Å². The molecule has 0 aliphatic carbocycles. The molecule has 0 bridgehead atoms. The van der Waals surface area contributed by atoms with Crippen molar-refractivity contribution in [1.82, 2.24) is 4.98 Å². The number of nitrogens with zero attached hydrogens (tertiary/aromatic N) is 2. The van der Waals surface area contributed by atoms with Gasteiger partial charge < -0.3 is 20.2 Å². The van der Waals surface area contributed by atoms with Crippen LogP contribution in [0.5, 0.6) is 5.75 Å². The number of nitrogens with one attached hydrogen (secondary N) is 1. The van der Waals surface area contributed by atoms with E-state index in [1.165, 1.54) is 0 Å². The molecule has 1 aromatic carbocycles. The molecule has 126 valence electrons. The van der Waals surface area contributed by atoms with Gasteiger partial charge in [-0.05, 0) is 6.07 Å². The highest BCUT2D eigenvalue weighted by atomic mass is 16.5. The highest BCUT2D eigenvalue weighted by Gasteiger charge is 2.23. The molecule has 3 N–H and O–H groups in total. The summed E-state index contributed by atoms with van der Waals surface area (Å²) >= 11 is 0. The minimum absolute atomic E-state index is 0.0229. The Morgan fingerprint density at radius 3 is 2.52 bits per heavy atom. The zero-order chi connectivity index (χ0) is 17.8. The summed E-state index contributed by atoms with van der Waals surface area (Å²) in [4.78, 5) is 14.4. The third-order valence-electron chi connectivity index (χ3n) is 4.09. The molecule has 0 amide bonds. The molecule has 2 heterocycles. The highest BCUT2D eigenvalue weighted by Crippen LogP contribution is 2.36. The van der Waals surface area contributed by atoms with Gasteiger partial charge in [-0.2, -0.15) is 10.5 Å². The van der Waals surface area contributed by atoms with Crippen LogP contribution in [0.15, 0.2) is 29.1 Å². The lowest BCUT2D eigenvalue weighted by Crippen LogP contribution is -2.26. The number of benzene rings is 1. The first-order valence-corrected chi connectivity index (χ1v) is 7.85. The van der Waals surface area contributed by atoms with Crippen LogP contribution in [-0.2, 0) is 4.74 Å². The lowest BCUT2D eigenvalue weighted by molar-refractivity contribution is 0.0258. The molecule has 0 radical (unpaired) electrons. The molecular weight excluding hydrogens is 320 g/mol. The van der Waals surface area contributed by atoms with Crippen LogP contribution in [0.2, 0.25) is 0 Å². The highest BCUT2D eigenvalue weighted by molar-refractivity contribution is 5.83. The average Bonchev–Trinajstić information content (AvgIpc) is 2.62. The Kier molecular flexibility index (Phi) is 4.69. The third-order valence-corrected chi connectivity index (χ3v) is 4.09. The zero-order valence-corrected chi connectivity index (χ0v) is 13.4. The topological polar surface area (TPSA) is 125 Å². The lowest BCUT2D eigenvalue weighted by atomic mass is 9.96.